The summed E-state index contributed by atoms with van der Waals surface area (Å²) in [5.74, 6) is 0.956. The predicted octanol–water partition coefficient (Wildman–Crippen LogP) is 2.91. The Balaban J connectivity index is 1.85. The first-order chi connectivity index (χ1) is 11.1. The van der Waals surface area contributed by atoms with E-state index in [9.17, 15) is 4.79 Å². The van der Waals surface area contributed by atoms with Crippen LogP contribution in [0, 0.1) is 13.8 Å². The van der Waals surface area contributed by atoms with Gasteiger partial charge in [-0.25, -0.2) is 0 Å². The first kappa shape index (κ1) is 16.1. The number of thiophene rings is 1. The van der Waals surface area contributed by atoms with Gasteiger partial charge in [0, 0.05) is 18.3 Å². The van der Waals surface area contributed by atoms with Crippen LogP contribution in [0.2, 0.25) is 0 Å². The molecule has 124 valence electrons. The fourth-order valence-electron chi connectivity index (χ4n) is 2.78. The van der Waals surface area contributed by atoms with Gasteiger partial charge in [-0.05, 0) is 25.0 Å². The molecule has 3 heterocycles. The molecule has 7 heteroatoms. The van der Waals surface area contributed by atoms with E-state index in [1.165, 1.54) is 10.4 Å². The minimum absolute atomic E-state index is 0.0182. The van der Waals surface area contributed by atoms with Crippen molar-refractivity contribution in [1.82, 2.24) is 15.1 Å². The van der Waals surface area contributed by atoms with Gasteiger partial charge < -0.3 is 14.1 Å². The van der Waals surface area contributed by atoms with Gasteiger partial charge in [-0.1, -0.05) is 13.3 Å². The Kier molecular flexibility index (Phi) is 4.77. The van der Waals surface area contributed by atoms with Gasteiger partial charge in [0.15, 0.2) is 0 Å². The highest BCUT2D eigenvalue weighted by Gasteiger charge is 2.33. The van der Waals surface area contributed by atoms with Crippen molar-refractivity contribution in [3.05, 3.63) is 33.2 Å². The summed E-state index contributed by atoms with van der Waals surface area (Å²) in [4.78, 5) is 16.7. The third kappa shape index (κ3) is 3.30. The van der Waals surface area contributed by atoms with E-state index in [0.29, 0.717) is 31.5 Å². The maximum absolute atomic E-state index is 13.0. The molecule has 3 rings (SSSR count). The van der Waals surface area contributed by atoms with E-state index in [1.807, 2.05) is 6.07 Å². The van der Waals surface area contributed by atoms with E-state index < -0.39 is 0 Å². The number of rotatable bonds is 4. The lowest BCUT2D eigenvalue weighted by molar-refractivity contribution is -0.0104. The lowest BCUT2D eigenvalue weighted by Gasteiger charge is -2.33. The van der Waals surface area contributed by atoms with Gasteiger partial charge in [0.2, 0.25) is 11.8 Å². The normalized spacial score (nSPS) is 18.4. The van der Waals surface area contributed by atoms with Gasteiger partial charge in [0.25, 0.3) is 5.91 Å². The molecule has 1 atom stereocenters. The molecule has 1 fully saturated rings. The summed E-state index contributed by atoms with van der Waals surface area (Å²) >= 11 is 1.56. The van der Waals surface area contributed by atoms with E-state index in [2.05, 4.69) is 24.0 Å². The third-order valence-electron chi connectivity index (χ3n) is 3.97. The van der Waals surface area contributed by atoms with Gasteiger partial charge in [-0.3, -0.25) is 4.79 Å². The number of nitrogens with zero attached hydrogens (tertiary/aromatic N) is 3. The summed E-state index contributed by atoms with van der Waals surface area (Å²) in [6, 6.07) is 1.71. The SMILES string of the molecule is CCCc1cc(C(=O)N2CCOC[C@@H]2c2nnc(C)o2)sc1C. The number of ether oxygens (including phenoxy) is 1. The number of morpholine rings is 1. The molecule has 0 bridgehead atoms. The first-order valence-corrected chi connectivity index (χ1v) is 8.69. The van der Waals surface area contributed by atoms with Gasteiger partial charge in [-0.15, -0.1) is 21.5 Å². The zero-order chi connectivity index (χ0) is 16.4. The van der Waals surface area contributed by atoms with Crippen LogP contribution in [0.25, 0.3) is 0 Å². The first-order valence-electron chi connectivity index (χ1n) is 7.88. The topological polar surface area (TPSA) is 68.5 Å². The van der Waals surface area contributed by atoms with E-state index in [4.69, 9.17) is 9.15 Å². The van der Waals surface area contributed by atoms with Crippen molar-refractivity contribution >= 4 is 17.2 Å². The smallest absolute Gasteiger partial charge is 0.264 e. The summed E-state index contributed by atoms with van der Waals surface area (Å²) < 4.78 is 11.0. The molecule has 0 radical (unpaired) electrons. The summed E-state index contributed by atoms with van der Waals surface area (Å²) in [6.45, 7) is 7.41. The van der Waals surface area contributed by atoms with Crippen LogP contribution in [-0.2, 0) is 11.2 Å². The zero-order valence-electron chi connectivity index (χ0n) is 13.7. The third-order valence-corrected chi connectivity index (χ3v) is 5.05. The highest BCUT2D eigenvalue weighted by atomic mass is 32.1. The summed E-state index contributed by atoms with van der Waals surface area (Å²) in [7, 11) is 0. The Labute approximate surface area is 139 Å². The lowest BCUT2D eigenvalue weighted by Crippen LogP contribution is -2.43. The Morgan fingerprint density at radius 2 is 2.26 bits per heavy atom. The second kappa shape index (κ2) is 6.80. The maximum Gasteiger partial charge on any atom is 0.264 e. The molecule has 6 nitrogen and oxygen atoms in total. The monoisotopic (exact) mass is 335 g/mol. The van der Waals surface area contributed by atoms with Crippen molar-refractivity contribution < 1.29 is 13.9 Å². The molecular formula is C16H21N3O3S. The van der Waals surface area contributed by atoms with Gasteiger partial charge >= 0.3 is 0 Å². The second-order valence-corrected chi connectivity index (χ2v) is 6.95. The van der Waals surface area contributed by atoms with Gasteiger partial charge in [-0.2, -0.15) is 0 Å². The van der Waals surface area contributed by atoms with Crippen molar-refractivity contribution in [3.8, 4) is 0 Å². The van der Waals surface area contributed by atoms with Crippen LogP contribution in [0.5, 0.6) is 0 Å². The average molecular weight is 335 g/mol. The van der Waals surface area contributed by atoms with Crippen LogP contribution >= 0.6 is 11.3 Å². The Morgan fingerprint density at radius 3 is 2.96 bits per heavy atom. The van der Waals surface area contributed by atoms with Crippen molar-refractivity contribution in [1.29, 1.82) is 0 Å². The minimum Gasteiger partial charge on any atom is -0.423 e. The number of hydrogen-bond acceptors (Lipinski definition) is 6. The molecule has 0 aliphatic carbocycles. The lowest BCUT2D eigenvalue weighted by atomic mass is 10.1. The quantitative estimate of drug-likeness (QED) is 0.859. The highest BCUT2D eigenvalue weighted by molar-refractivity contribution is 7.14. The van der Waals surface area contributed by atoms with Crippen LogP contribution in [-0.4, -0.2) is 40.8 Å². The number of aryl methyl sites for hydroxylation is 3. The number of carbonyl (C=O) groups excluding carboxylic acids is 1. The Morgan fingerprint density at radius 1 is 1.43 bits per heavy atom. The van der Waals surface area contributed by atoms with E-state index in [0.717, 1.165) is 17.7 Å². The van der Waals surface area contributed by atoms with E-state index in [-0.39, 0.29) is 11.9 Å². The zero-order valence-corrected chi connectivity index (χ0v) is 14.5. The molecule has 1 aliphatic heterocycles. The van der Waals surface area contributed by atoms with Crippen molar-refractivity contribution in [2.24, 2.45) is 0 Å². The summed E-state index contributed by atoms with van der Waals surface area (Å²) in [5, 5.41) is 7.92. The molecule has 0 saturated carbocycles. The van der Waals surface area contributed by atoms with Crippen LogP contribution in [0.1, 0.15) is 51.3 Å². The molecule has 0 unspecified atom stereocenters. The Bertz CT molecular complexity index is 695. The standard InChI is InChI=1S/C16H21N3O3S/c1-4-5-12-8-14(23-10(12)2)16(20)19-6-7-21-9-13(19)15-18-17-11(3)22-15/h8,13H,4-7,9H2,1-3H3/t13-/m1/s1. The van der Waals surface area contributed by atoms with E-state index >= 15 is 0 Å². The highest BCUT2D eigenvalue weighted by Crippen LogP contribution is 2.29. The van der Waals surface area contributed by atoms with Crippen LogP contribution in [0.15, 0.2) is 10.5 Å². The van der Waals surface area contributed by atoms with E-state index in [1.54, 1.807) is 23.2 Å². The fraction of sp³-hybridized carbons (Fsp3) is 0.562. The summed E-state index contributed by atoms with van der Waals surface area (Å²) in [5.41, 5.74) is 1.26. The predicted molar refractivity (Wildman–Crippen MR) is 86.7 cm³/mol. The molecule has 2 aromatic rings. The molecule has 0 N–H and O–H groups in total. The molecule has 0 spiro atoms. The Hall–Kier alpha value is -1.73. The maximum atomic E-state index is 13.0. The number of aromatic nitrogens is 2. The van der Waals surface area contributed by atoms with Crippen molar-refractivity contribution in [2.45, 2.75) is 39.7 Å². The number of amides is 1. The van der Waals surface area contributed by atoms with Crippen molar-refractivity contribution in [3.63, 3.8) is 0 Å². The molecule has 0 aromatic carbocycles. The molecule has 2 aromatic heterocycles. The van der Waals surface area contributed by atoms with Crippen LogP contribution < -0.4 is 0 Å². The summed E-state index contributed by atoms with van der Waals surface area (Å²) in [6.07, 6.45) is 2.08. The fourth-order valence-corrected chi connectivity index (χ4v) is 3.81. The van der Waals surface area contributed by atoms with Crippen LogP contribution in [0.4, 0.5) is 0 Å². The van der Waals surface area contributed by atoms with Crippen molar-refractivity contribution in [2.75, 3.05) is 19.8 Å². The minimum atomic E-state index is -0.311. The second-order valence-electron chi connectivity index (χ2n) is 5.69. The van der Waals surface area contributed by atoms with Gasteiger partial charge in [0.1, 0.15) is 6.04 Å². The molecule has 1 saturated heterocycles. The van der Waals surface area contributed by atoms with Gasteiger partial charge in [0.05, 0.1) is 18.1 Å². The number of carbonyl (C=O) groups is 1. The number of hydrogen-bond donors (Lipinski definition) is 0. The molecule has 1 aliphatic rings. The molecular weight excluding hydrogens is 314 g/mol. The molecule has 23 heavy (non-hydrogen) atoms. The molecule has 1 amide bonds. The largest absolute Gasteiger partial charge is 0.423 e. The average Bonchev–Trinajstić information content (AvgIpc) is 3.14. The van der Waals surface area contributed by atoms with Crippen LogP contribution in [0.3, 0.4) is 0 Å².